The van der Waals surface area contributed by atoms with Crippen molar-refractivity contribution in [1.29, 1.82) is 0 Å². The number of benzene rings is 2. The molecule has 1 amide bonds. The molecule has 26 heavy (non-hydrogen) atoms. The van der Waals surface area contributed by atoms with Crippen LogP contribution in [-0.4, -0.2) is 30.5 Å². The topological polar surface area (TPSA) is 85.9 Å². The Morgan fingerprint density at radius 1 is 1.19 bits per heavy atom. The molecule has 0 aromatic heterocycles. The number of amides is 1. The van der Waals surface area contributed by atoms with Crippen LogP contribution in [-0.2, 0) is 11.3 Å². The summed E-state index contributed by atoms with van der Waals surface area (Å²) in [5.74, 6) is 0.729. The van der Waals surface area contributed by atoms with Crippen LogP contribution >= 0.6 is 0 Å². The summed E-state index contributed by atoms with van der Waals surface area (Å²) in [5, 5.41) is 13.5. The normalized spacial score (nSPS) is 14.5. The lowest BCUT2D eigenvalue weighted by Gasteiger charge is -2.19. The third kappa shape index (κ3) is 4.80. The van der Waals surface area contributed by atoms with Crippen molar-refractivity contribution in [2.45, 2.75) is 25.4 Å². The highest BCUT2D eigenvalue weighted by molar-refractivity contribution is 5.91. The zero-order chi connectivity index (χ0) is 18.5. The number of quaternary nitrogens is 1. The molecule has 136 valence electrons. The van der Waals surface area contributed by atoms with Crippen molar-refractivity contribution < 1.29 is 19.4 Å². The van der Waals surface area contributed by atoms with Crippen LogP contribution < -0.4 is 15.0 Å². The fourth-order valence-electron chi connectivity index (χ4n) is 2.93. The van der Waals surface area contributed by atoms with Crippen LogP contribution in [0, 0.1) is 10.1 Å². The quantitative estimate of drug-likeness (QED) is 0.558. The van der Waals surface area contributed by atoms with Gasteiger partial charge in [0.05, 0.1) is 18.1 Å². The molecular weight excluding hydrogens is 334 g/mol. The van der Waals surface area contributed by atoms with Crippen molar-refractivity contribution in [2.75, 3.05) is 19.0 Å². The van der Waals surface area contributed by atoms with Crippen molar-refractivity contribution >= 4 is 17.3 Å². The zero-order valence-corrected chi connectivity index (χ0v) is 14.6. The molecule has 2 N–H and O–H groups in total. The Morgan fingerprint density at radius 3 is 2.38 bits per heavy atom. The molecule has 0 saturated heterocycles. The van der Waals surface area contributed by atoms with Gasteiger partial charge in [-0.05, 0) is 36.4 Å². The monoisotopic (exact) mass is 356 g/mol. The van der Waals surface area contributed by atoms with E-state index in [9.17, 15) is 14.9 Å². The summed E-state index contributed by atoms with van der Waals surface area (Å²) < 4.78 is 5.18. The average Bonchev–Trinajstić information content (AvgIpc) is 3.47. The number of methoxy groups -OCH3 is 1. The average molecular weight is 356 g/mol. The molecule has 0 bridgehead atoms. The van der Waals surface area contributed by atoms with Crippen molar-refractivity contribution in [3.05, 3.63) is 64.2 Å². The molecule has 0 heterocycles. The lowest BCUT2D eigenvalue weighted by molar-refractivity contribution is -0.916. The van der Waals surface area contributed by atoms with Gasteiger partial charge in [-0.25, -0.2) is 0 Å². The number of anilines is 1. The van der Waals surface area contributed by atoms with Gasteiger partial charge in [-0.2, -0.15) is 0 Å². The summed E-state index contributed by atoms with van der Waals surface area (Å²) in [5.41, 5.74) is 1.74. The van der Waals surface area contributed by atoms with Gasteiger partial charge in [0.2, 0.25) is 0 Å². The van der Waals surface area contributed by atoms with Crippen molar-refractivity contribution in [3.63, 3.8) is 0 Å². The highest BCUT2D eigenvalue weighted by Gasteiger charge is 2.34. The van der Waals surface area contributed by atoms with Crippen LogP contribution in [0.3, 0.4) is 0 Å². The predicted molar refractivity (Wildman–Crippen MR) is 97.3 cm³/mol. The van der Waals surface area contributed by atoms with Gasteiger partial charge >= 0.3 is 0 Å². The van der Waals surface area contributed by atoms with E-state index >= 15 is 0 Å². The molecule has 2 aromatic rings. The van der Waals surface area contributed by atoms with E-state index in [1.54, 1.807) is 19.2 Å². The number of carbonyl (C=O) groups excluding carboxylic acids is 1. The summed E-state index contributed by atoms with van der Waals surface area (Å²) >= 11 is 0. The second-order valence-corrected chi connectivity index (χ2v) is 6.49. The molecule has 1 aliphatic carbocycles. The molecule has 1 saturated carbocycles. The molecule has 1 aliphatic rings. The number of nitrogens with zero attached hydrogens (tertiary/aromatic N) is 1. The number of rotatable bonds is 8. The molecule has 1 unspecified atom stereocenters. The lowest BCUT2D eigenvalue weighted by Crippen LogP contribution is -3.13. The molecule has 7 nitrogen and oxygen atoms in total. The molecule has 7 heteroatoms. The fourth-order valence-corrected chi connectivity index (χ4v) is 2.93. The van der Waals surface area contributed by atoms with E-state index in [-0.39, 0.29) is 11.6 Å². The number of non-ortho nitro benzene ring substituents is 1. The number of nitro groups is 1. The second-order valence-electron chi connectivity index (χ2n) is 6.49. The van der Waals surface area contributed by atoms with Gasteiger partial charge in [0, 0.05) is 36.2 Å². The van der Waals surface area contributed by atoms with E-state index in [4.69, 9.17) is 4.74 Å². The summed E-state index contributed by atoms with van der Waals surface area (Å²) in [6.45, 7) is 1.15. The smallest absolute Gasteiger partial charge is 0.279 e. The van der Waals surface area contributed by atoms with Crippen LogP contribution in [0.2, 0.25) is 0 Å². The van der Waals surface area contributed by atoms with E-state index in [0.717, 1.165) is 30.7 Å². The number of hydrogen-bond acceptors (Lipinski definition) is 4. The Morgan fingerprint density at radius 2 is 1.85 bits per heavy atom. The minimum Gasteiger partial charge on any atom is -0.497 e. The highest BCUT2D eigenvalue weighted by atomic mass is 16.6. The Labute approximate surface area is 151 Å². The van der Waals surface area contributed by atoms with Gasteiger partial charge < -0.3 is 15.0 Å². The second kappa shape index (κ2) is 7.97. The van der Waals surface area contributed by atoms with E-state index < -0.39 is 4.92 Å². The minimum absolute atomic E-state index is 0.00716. The third-order valence-electron chi connectivity index (χ3n) is 4.49. The van der Waals surface area contributed by atoms with Crippen LogP contribution in [0.15, 0.2) is 48.5 Å². The van der Waals surface area contributed by atoms with Gasteiger partial charge in [0.1, 0.15) is 12.3 Å². The summed E-state index contributed by atoms with van der Waals surface area (Å²) in [6.07, 6.45) is 2.27. The third-order valence-corrected chi connectivity index (χ3v) is 4.49. The molecular formula is C19H22N3O4+. The number of hydrogen-bond donors (Lipinski definition) is 2. The fraction of sp³-hybridized carbons (Fsp3) is 0.316. The first-order chi connectivity index (χ1) is 12.5. The van der Waals surface area contributed by atoms with E-state index in [1.807, 2.05) is 24.3 Å². The molecule has 0 spiro atoms. The summed E-state index contributed by atoms with van der Waals surface area (Å²) in [7, 11) is 1.64. The number of carbonyl (C=O) groups is 1. The standard InChI is InChI=1S/C19H21N3O4/c1-26-18-10-2-14(3-11-18)12-21(16-8-9-16)13-19(23)20-15-4-6-17(7-5-15)22(24)25/h2-7,10-11,16H,8-9,12-13H2,1H3,(H,20,23)/p+1. The molecule has 0 aliphatic heterocycles. The predicted octanol–water partition coefficient (Wildman–Crippen LogP) is 1.79. The maximum Gasteiger partial charge on any atom is 0.279 e. The molecule has 3 rings (SSSR count). The van der Waals surface area contributed by atoms with Crippen LogP contribution in [0.5, 0.6) is 5.75 Å². The largest absolute Gasteiger partial charge is 0.497 e. The Kier molecular flexibility index (Phi) is 5.48. The van der Waals surface area contributed by atoms with E-state index in [1.165, 1.54) is 17.0 Å². The summed E-state index contributed by atoms with van der Waals surface area (Å²) in [6, 6.07) is 14.3. The van der Waals surface area contributed by atoms with Crippen LogP contribution in [0.4, 0.5) is 11.4 Å². The zero-order valence-electron chi connectivity index (χ0n) is 14.6. The Bertz CT molecular complexity index is 770. The minimum atomic E-state index is -0.459. The first-order valence-corrected chi connectivity index (χ1v) is 8.57. The molecule has 1 atom stereocenters. The first kappa shape index (κ1) is 17.9. The number of nitrogens with one attached hydrogen (secondary N) is 2. The van der Waals surface area contributed by atoms with Gasteiger partial charge in [-0.1, -0.05) is 0 Å². The maximum atomic E-state index is 12.4. The van der Waals surface area contributed by atoms with Crippen molar-refractivity contribution in [2.24, 2.45) is 0 Å². The number of nitro benzene ring substituents is 1. The van der Waals surface area contributed by atoms with Crippen LogP contribution in [0.25, 0.3) is 0 Å². The number of ether oxygens (including phenoxy) is 1. The molecule has 0 radical (unpaired) electrons. The Hall–Kier alpha value is -2.93. The van der Waals surface area contributed by atoms with Gasteiger partial charge in [-0.3, -0.25) is 14.9 Å². The first-order valence-electron chi connectivity index (χ1n) is 8.57. The highest BCUT2D eigenvalue weighted by Crippen LogP contribution is 2.17. The van der Waals surface area contributed by atoms with E-state index in [0.29, 0.717) is 18.3 Å². The van der Waals surface area contributed by atoms with Crippen LogP contribution in [0.1, 0.15) is 18.4 Å². The lowest BCUT2D eigenvalue weighted by atomic mass is 10.2. The van der Waals surface area contributed by atoms with Gasteiger partial charge in [0.15, 0.2) is 6.54 Å². The summed E-state index contributed by atoms with van der Waals surface area (Å²) in [4.78, 5) is 23.8. The Balaban J connectivity index is 1.58. The van der Waals surface area contributed by atoms with Gasteiger partial charge in [-0.15, -0.1) is 0 Å². The van der Waals surface area contributed by atoms with E-state index in [2.05, 4.69) is 5.32 Å². The SMILES string of the molecule is COc1ccc(C[NH+](CC(=O)Nc2ccc([N+](=O)[O-])cc2)C2CC2)cc1. The van der Waals surface area contributed by atoms with Gasteiger partial charge in [0.25, 0.3) is 11.6 Å². The maximum absolute atomic E-state index is 12.4. The molecule has 2 aromatic carbocycles. The molecule has 1 fully saturated rings. The van der Waals surface area contributed by atoms with Crippen molar-refractivity contribution in [1.82, 2.24) is 0 Å². The van der Waals surface area contributed by atoms with Crippen molar-refractivity contribution in [3.8, 4) is 5.75 Å².